The van der Waals surface area contributed by atoms with Crippen molar-refractivity contribution in [1.29, 1.82) is 0 Å². The van der Waals surface area contributed by atoms with E-state index in [2.05, 4.69) is 0 Å². The third-order valence-corrected chi connectivity index (χ3v) is 5.41. The molecule has 2 aromatic rings. The third-order valence-electron chi connectivity index (χ3n) is 5.41. The Morgan fingerprint density at radius 2 is 1.85 bits per heavy atom. The third kappa shape index (κ3) is 5.17. The number of carbonyl (C=O) groups is 2. The van der Waals surface area contributed by atoms with Crippen molar-refractivity contribution in [2.75, 3.05) is 40.9 Å². The lowest BCUT2D eigenvalue weighted by atomic mass is 9.95. The van der Waals surface area contributed by atoms with Crippen LogP contribution in [-0.4, -0.2) is 67.5 Å². The number of rotatable bonds is 9. The summed E-state index contributed by atoms with van der Waals surface area (Å²) < 4.78 is 24.9. The second-order valence-corrected chi connectivity index (χ2v) is 8.06. The van der Waals surface area contributed by atoms with E-state index in [1.54, 1.807) is 24.3 Å². The van der Waals surface area contributed by atoms with Gasteiger partial charge in [0, 0.05) is 13.1 Å². The number of Topliss-reactive ketones (excluding diaryl/α,β-unsaturated/α-hetero) is 1. The Morgan fingerprint density at radius 3 is 2.45 bits per heavy atom. The molecule has 1 aliphatic rings. The minimum Gasteiger partial charge on any atom is -0.507 e. The summed E-state index contributed by atoms with van der Waals surface area (Å²) in [6.45, 7) is 3.37. The van der Waals surface area contributed by atoms with Crippen molar-refractivity contribution in [3.05, 3.63) is 65.0 Å². The van der Waals surface area contributed by atoms with Gasteiger partial charge in [-0.1, -0.05) is 19.1 Å². The first-order chi connectivity index (χ1) is 15.8. The molecule has 33 heavy (non-hydrogen) atoms. The number of ketones is 1. The molecule has 3 rings (SSSR count). The molecule has 1 saturated heterocycles. The molecule has 0 aromatic heterocycles. The first kappa shape index (κ1) is 24.3. The van der Waals surface area contributed by atoms with Gasteiger partial charge in [0.05, 0.1) is 30.9 Å². The molecule has 1 fully saturated rings. The van der Waals surface area contributed by atoms with Crippen molar-refractivity contribution in [3.8, 4) is 11.5 Å². The number of hydrogen-bond donors (Lipinski definition) is 1. The van der Waals surface area contributed by atoms with E-state index in [0.717, 1.165) is 12.5 Å². The van der Waals surface area contributed by atoms with Crippen molar-refractivity contribution in [2.24, 2.45) is 0 Å². The van der Waals surface area contributed by atoms with Gasteiger partial charge in [-0.15, -0.1) is 0 Å². The molecule has 1 N–H and O–H groups in total. The van der Waals surface area contributed by atoms with Crippen molar-refractivity contribution in [2.45, 2.75) is 19.4 Å². The van der Waals surface area contributed by atoms with Crippen LogP contribution in [0.25, 0.3) is 5.76 Å². The minimum atomic E-state index is -0.835. The van der Waals surface area contributed by atoms with E-state index in [0.29, 0.717) is 24.5 Å². The number of nitrogens with zero attached hydrogens (tertiary/aromatic N) is 2. The Bertz CT molecular complexity index is 1050. The normalized spacial score (nSPS) is 17.6. The first-order valence-electron chi connectivity index (χ1n) is 10.8. The maximum atomic E-state index is 14.0. The molecule has 1 heterocycles. The molecule has 7 nitrogen and oxygen atoms in total. The summed E-state index contributed by atoms with van der Waals surface area (Å²) in [5, 5.41) is 11.1. The topological polar surface area (TPSA) is 79.3 Å². The van der Waals surface area contributed by atoms with E-state index in [-0.39, 0.29) is 23.4 Å². The SMILES string of the molecule is CCCOc1ccc(C2/C(=C(\O)c3cc(F)ccc3OC)C(=O)C(=O)N2CCN(C)C)cc1. The minimum absolute atomic E-state index is 0.0102. The molecule has 8 heteroatoms. The molecule has 0 spiro atoms. The van der Waals surface area contributed by atoms with Crippen LogP contribution in [0.2, 0.25) is 0 Å². The molecular formula is C25H29FN2O5. The van der Waals surface area contributed by atoms with Crippen LogP contribution >= 0.6 is 0 Å². The Kier molecular flexibility index (Phi) is 7.71. The number of benzene rings is 2. The zero-order valence-corrected chi connectivity index (χ0v) is 19.3. The van der Waals surface area contributed by atoms with E-state index in [1.807, 2.05) is 25.9 Å². The predicted molar refractivity (Wildman–Crippen MR) is 123 cm³/mol. The van der Waals surface area contributed by atoms with Gasteiger partial charge in [-0.3, -0.25) is 9.59 Å². The zero-order valence-electron chi connectivity index (χ0n) is 19.3. The van der Waals surface area contributed by atoms with Gasteiger partial charge in [0.25, 0.3) is 11.7 Å². The summed E-state index contributed by atoms with van der Waals surface area (Å²) in [4.78, 5) is 29.4. The lowest BCUT2D eigenvalue weighted by molar-refractivity contribution is -0.140. The second kappa shape index (κ2) is 10.5. The number of hydrogen-bond acceptors (Lipinski definition) is 6. The quantitative estimate of drug-likeness (QED) is 0.353. The number of carbonyl (C=O) groups excluding carboxylic acids is 2. The van der Waals surface area contributed by atoms with Crippen LogP contribution in [0.5, 0.6) is 11.5 Å². The highest BCUT2D eigenvalue weighted by atomic mass is 19.1. The van der Waals surface area contributed by atoms with Gasteiger partial charge >= 0.3 is 0 Å². The molecule has 1 atom stereocenters. The summed E-state index contributed by atoms with van der Waals surface area (Å²) in [5.74, 6) is -1.77. The predicted octanol–water partition coefficient (Wildman–Crippen LogP) is 3.61. The standard InChI is InChI=1S/C25H29FN2O5/c1-5-14-33-18-9-6-16(7-10-18)22-21(24(30)25(31)28(22)13-12-27(2)3)23(29)19-15-17(26)8-11-20(19)32-4/h6-11,15,22,29H,5,12-14H2,1-4H3/b23-21+. The van der Waals surface area contributed by atoms with Crippen LogP contribution in [-0.2, 0) is 9.59 Å². The number of halogens is 1. The number of aliphatic hydroxyl groups is 1. The van der Waals surface area contributed by atoms with Crippen LogP contribution in [0, 0.1) is 5.82 Å². The summed E-state index contributed by atoms with van der Waals surface area (Å²) in [5.41, 5.74) is 0.537. The van der Waals surface area contributed by atoms with E-state index in [9.17, 15) is 19.1 Å². The summed E-state index contributed by atoms with van der Waals surface area (Å²) >= 11 is 0. The fourth-order valence-electron chi connectivity index (χ4n) is 3.74. The van der Waals surface area contributed by atoms with Crippen molar-refractivity contribution < 1.29 is 28.6 Å². The largest absolute Gasteiger partial charge is 0.507 e. The van der Waals surface area contributed by atoms with Gasteiger partial charge in [0.15, 0.2) is 0 Å². The Balaban J connectivity index is 2.14. The Hall–Kier alpha value is -3.39. The molecule has 0 saturated carbocycles. The van der Waals surface area contributed by atoms with Crippen LogP contribution in [0.3, 0.4) is 0 Å². The van der Waals surface area contributed by atoms with Crippen molar-refractivity contribution >= 4 is 17.4 Å². The van der Waals surface area contributed by atoms with Crippen LogP contribution in [0.4, 0.5) is 4.39 Å². The molecule has 0 aliphatic carbocycles. The number of likely N-dealkylation sites (N-methyl/N-ethyl adjacent to an activating group) is 1. The second-order valence-electron chi connectivity index (χ2n) is 8.06. The molecule has 1 unspecified atom stereocenters. The zero-order chi connectivity index (χ0) is 24.1. The maximum absolute atomic E-state index is 14.0. The average Bonchev–Trinajstić information content (AvgIpc) is 3.06. The van der Waals surface area contributed by atoms with Crippen LogP contribution in [0.1, 0.15) is 30.5 Å². The maximum Gasteiger partial charge on any atom is 0.295 e. The molecule has 2 aromatic carbocycles. The summed E-state index contributed by atoms with van der Waals surface area (Å²) in [7, 11) is 5.11. The number of methoxy groups -OCH3 is 1. The van der Waals surface area contributed by atoms with Crippen molar-refractivity contribution in [1.82, 2.24) is 9.80 Å². The molecular weight excluding hydrogens is 427 g/mol. The number of amides is 1. The highest BCUT2D eigenvalue weighted by Gasteiger charge is 2.46. The van der Waals surface area contributed by atoms with Gasteiger partial charge in [-0.2, -0.15) is 0 Å². The number of likely N-dealkylation sites (tertiary alicyclic amines) is 1. The smallest absolute Gasteiger partial charge is 0.295 e. The van der Waals surface area contributed by atoms with Gasteiger partial charge in [0.2, 0.25) is 0 Å². The number of aliphatic hydroxyl groups excluding tert-OH is 1. The Labute approximate surface area is 193 Å². The Morgan fingerprint density at radius 1 is 1.15 bits per heavy atom. The molecule has 0 radical (unpaired) electrons. The lowest BCUT2D eigenvalue weighted by Crippen LogP contribution is -2.35. The van der Waals surface area contributed by atoms with Gasteiger partial charge in [0.1, 0.15) is 23.1 Å². The van der Waals surface area contributed by atoms with Gasteiger partial charge in [-0.25, -0.2) is 4.39 Å². The summed E-state index contributed by atoms with van der Waals surface area (Å²) in [6.07, 6.45) is 0.863. The molecule has 176 valence electrons. The lowest BCUT2D eigenvalue weighted by Gasteiger charge is -2.26. The fourth-order valence-corrected chi connectivity index (χ4v) is 3.74. The highest BCUT2D eigenvalue weighted by Crippen LogP contribution is 2.41. The number of ether oxygens (including phenoxy) is 2. The summed E-state index contributed by atoms with van der Waals surface area (Å²) in [6, 6.07) is 9.86. The molecule has 1 amide bonds. The van der Waals surface area contributed by atoms with E-state index in [1.165, 1.54) is 24.1 Å². The highest BCUT2D eigenvalue weighted by molar-refractivity contribution is 6.46. The van der Waals surface area contributed by atoms with Crippen LogP contribution < -0.4 is 9.47 Å². The monoisotopic (exact) mass is 456 g/mol. The average molecular weight is 457 g/mol. The van der Waals surface area contributed by atoms with E-state index >= 15 is 0 Å². The van der Waals surface area contributed by atoms with E-state index < -0.39 is 29.3 Å². The van der Waals surface area contributed by atoms with Gasteiger partial charge in [-0.05, 0) is 56.4 Å². The van der Waals surface area contributed by atoms with Crippen molar-refractivity contribution in [3.63, 3.8) is 0 Å². The molecule has 1 aliphatic heterocycles. The first-order valence-corrected chi connectivity index (χ1v) is 10.8. The fraction of sp³-hybridized carbons (Fsp3) is 0.360. The van der Waals surface area contributed by atoms with Crippen LogP contribution in [0.15, 0.2) is 48.0 Å². The van der Waals surface area contributed by atoms with E-state index in [4.69, 9.17) is 9.47 Å². The van der Waals surface area contributed by atoms with Gasteiger partial charge < -0.3 is 24.4 Å². The molecule has 0 bridgehead atoms.